The molecule has 34 heavy (non-hydrogen) atoms. The predicted molar refractivity (Wildman–Crippen MR) is 71.6 cm³/mol. The van der Waals surface area contributed by atoms with Crippen LogP contribution in [-0.4, -0.2) is 66.5 Å². The van der Waals surface area contributed by atoms with Crippen LogP contribution in [0.1, 0.15) is 0 Å². The third kappa shape index (κ3) is 4.84. The van der Waals surface area contributed by atoms with Gasteiger partial charge in [0.2, 0.25) is 0 Å². The Hall–Kier alpha value is -2.07. The number of aliphatic carboxylic acids is 1. The maximum absolute atomic E-state index is 13.1. The molecular formula is C11H6F17NO4S. The van der Waals surface area contributed by atoms with E-state index in [1.165, 1.54) is 0 Å². The smallest absolute Gasteiger partial charge is 0.460 e. The Morgan fingerprint density at radius 3 is 1.00 bits per heavy atom. The number of hydrogen-bond donors (Lipinski definition) is 2. The molecule has 0 atom stereocenters. The second kappa shape index (κ2) is 8.86. The molecule has 0 unspecified atom stereocenters. The third-order valence-corrected chi connectivity index (χ3v) is 4.20. The molecule has 0 aromatic carbocycles. The van der Waals surface area contributed by atoms with Crippen LogP contribution in [0.4, 0.5) is 74.6 Å². The molecule has 0 spiro atoms. The largest absolute Gasteiger partial charge is 0.478 e. The zero-order valence-corrected chi connectivity index (χ0v) is 15.7. The van der Waals surface area contributed by atoms with Gasteiger partial charge in [0.25, 0.3) is 10.0 Å². The lowest BCUT2D eigenvalue weighted by atomic mass is 9.91. The standard InChI is InChI=1S/C8H2F17NO2S.C3H4O2/c9-1(10,3(13,14)5(17,18)7(21,22)23)2(11,12)4(15,16)6(19,20)8(24,25)29(26,27)28;1-2-3(4)5/h(H2,26,27,28);2H,1H2,(H,4,5). The van der Waals surface area contributed by atoms with Crippen molar-refractivity contribution in [2.75, 3.05) is 0 Å². The number of carbonyl (C=O) groups is 1. The van der Waals surface area contributed by atoms with Gasteiger partial charge < -0.3 is 5.11 Å². The lowest BCUT2D eigenvalue weighted by Crippen LogP contribution is -2.75. The summed E-state index contributed by atoms with van der Waals surface area (Å²) in [5.74, 6) is -52.6. The van der Waals surface area contributed by atoms with Crippen molar-refractivity contribution in [1.29, 1.82) is 0 Å². The highest BCUT2D eigenvalue weighted by molar-refractivity contribution is 7.90. The first-order valence-electron chi connectivity index (χ1n) is 6.86. The third-order valence-electron chi connectivity index (χ3n) is 3.23. The topological polar surface area (TPSA) is 97.5 Å². The van der Waals surface area contributed by atoms with Crippen molar-refractivity contribution < 1.29 is 93.0 Å². The number of sulfonamides is 1. The molecule has 0 aliphatic carbocycles. The zero-order chi connectivity index (χ0) is 28.8. The lowest BCUT2D eigenvalue weighted by Gasteiger charge is -2.42. The van der Waals surface area contributed by atoms with Crippen molar-refractivity contribution in [2.45, 2.75) is 47.0 Å². The summed E-state index contributed by atoms with van der Waals surface area (Å²) < 4.78 is 236. The molecule has 0 saturated carbocycles. The van der Waals surface area contributed by atoms with Crippen LogP contribution in [0.5, 0.6) is 0 Å². The van der Waals surface area contributed by atoms with E-state index in [2.05, 4.69) is 11.7 Å². The summed E-state index contributed by atoms with van der Waals surface area (Å²) in [5, 5.41) is 3.30. The van der Waals surface area contributed by atoms with E-state index in [0.717, 1.165) is 6.08 Å². The maximum Gasteiger partial charge on any atom is 0.460 e. The number of carboxylic acid groups (broad SMARTS) is 1. The Labute approximate surface area is 175 Å². The van der Waals surface area contributed by atoms with E-state index >= 15 is 0 Å². The van der Waals surface area contributed by atoms with Gasteiger partial charge in [-0.15, -0.1) is 0 Å². The summed E-state index contributed by atoms with van der Waals surface area (Å²) >= 11 is 0. The molecule has 0 aliphatic heterocycles. The normalized spacial score (nSPS) is 15.4. The number of nitrogens with two attached hydrogens (primary N) is 1. The highest BCUT2D eigenvalue weighted by Gasteiger charge is 2.96. The molecule has 0 bridgehead atoms. The van der Waals surface area contributed by atoms with Crippen LogP contribution in [-0.2, 0) is 14.8 Å². The van der Waals surface area contributed by atoms with Gasteiger partial charge in [0.15, 0.2) is 0 Å². The fraction of sp³-hybridized carbons (Fsp3) is 0.727. The van der Waals surface area contributed by atoms with Crippen LogP contribution in [0, 0.1) is 0 Å². The number of rotatable bonds is 8. The summed E-state index contributed by atoms with van der Waals surface area (Å²) in [5.41, 5.74) is 0. The molecule has 0 rings (SSSR count). The van der Waals surface area contributed by atoms with Gasteiger partial charge in [-0.1, -0.05) is 6.58 Å². The summed E-state index contributed by atoms with van der Waals surface area (Å²) in [4.78, 5) is 9.25. The zero-order valence-electron chi connectivity index (χ0n) is 14.9. The highest BCUT2D eigenvalue weighted by atomic mass is 32.2. The molecule has 0 aromatic rings. The molecule has 0 fully saturated rings. The average Bonchev–Trinajstić information content (AvgIpc) is 2.59. The van der Waals surface area contributed by atoms with E-state index in [1.54, 1.807) is 0 Å². The summed E-state index contributed by atoms with van der Waals surface area (Å²) in [6.45, 7) is 2.96. The Balaban J connectivity index is 0. The number of primary sulfonamides is 1. The van der Waals surface area contributed by atoms with Crippen molar-refractivity contribution in [3.63, 3.8) is 0 Å². The Morgan fingerprint density at radius 2 is 0.824 bits per heavy atom. The molecule has 23 heteroatoms. The molecule has 0 aliphatic rings. The van der Waals surface area contributed by atoms with Crippen LogP contribution >= 0.6 is 0 Å². The molecule has 0 saturated heterocycles. The fourth-order valence-electron chi connectivity index (χ4n) is 1.33. The minimum Gasteiger partial charge on any atom is -0.478 e. The van der Waals surface area contributed by atoms with Gasteiger partial charge in [-0.05, 0) is 0 Å². The Morgan fingerprint density at radius 1 is 0.618 bits per heavy atom. The van der Waals surface area contributed by atoms with Crippen LogP contribution in [0.25, 0.3) is 0 Å². The van der Waals surface area contributed by atoms with E-state index in [0.29, 0.717) is 0 Å². The molecule has 0 radical (unpaired) electrons. The molecule has 204 valence electrons. The molecule has 0 amide bonds. The molecule has 0 aromatic heterocycles. The first kappa shape index (κ1) is 34.1. The molecule has 3 N–H and O–H groups in total. The van der Waals surface area contributed by atoms with E-state index in [1.807, 2.05) is 0 Å². The van der Waals surface area contributed by atoms with Crippen molar-refractivity contribution in [1.82, 2.24) is 0 Å². The van der Waals surface area contributed by atoms with Crippen molar-refractivity contribution >= 4 is 16.0 Å². The molecule has 5 nitrogen and oxygen atoms in total. The number of carboxylic acids is 1. The second-order valence-electron chi connectivity index (χ2n) is 5.55. The van der Waals surface area contributed by atoms with Crippen molar-refractivity contribution in [3.8, 4) is 0 Å². The van der Waals surface area contributed by atoms with E-state index in [9.17, 15) is 87.8 Å². The quantitative estimate of drug-likeness (QED) is 0.332. The van der Waals surface area contributed by atoms with Gasteiger partial charge in [0, 0.05) is 6.08 Å². The van der Waals surface area contributed by atoms with Crippen LogP contribution in [0.15, 0.2) is 12.7 Å². The van der Waals surface area contributed by atoms with Crippen molar-refractivity contribution in [3.05, 3.63) is 12.7 Å². The Kier molecular flexibility index (Phi) is 8.88. The first-order valence-corrected chi connectivity index (χ1v) is 8.41. The highest BCUT2D eigenvalue weighted by Crippen LogP contribution is 2.64. The minimum atomic E-state index is -8.84. The van der Waals surface area contributed by atoms with E-state index in [4.69, 9.17) is 5.11 Å². The first-order chi connectivity index (χ1) is 14.3. The van der Waals surface area contributed by atoms with Crippen molar-refractivity contribution in [2.24, 2.45) is 5.14 Å². The van der Waals surface area contributed by atoms with Gasteiger partial charge >= 0.3 is 52.9 Å². The van der Waals surface area contributed by atoms with Crippen LogP contribution in [0.3, 0.4) is 0 Å². The Bertz CT molecular complexity index is 876. The summed E-state index contributed by atoms with van der Waals surface area (Å²) in [7, 11) is -7.39. The van der Waals surface area contributed by atoms with Gasteiger partial charge in [-0.3, -0.25) is 0 Å². The van der Waals surface area contributed by atoms with Gasteiger partial charge in [0.05, 0.1) is 0 Å². The van der Waals surface area contributed by atoms with E-state index in [-0.39, 0.29) is 0 Å². The van der Waals surface area contributed by atoms with Gasteiger partial charge in [-0.2, -0.15) is 74.6 Å². The number of hydrogen-bond acceptors (Lipinski definition) is 3. The SMILES string of the molecule is C=CC(=O)O.NS(=O)(=O)C(F)(F)C(F)(F)C(F)(F)C(F)(F)C(F)(F)C(F)(F)C(F)(F)C(F)(F)F. The van der Waals surface area contributed by atoms with Gasteiger partial charge in [0.1, 0.15) is 0 Å². The summed E-state index contributed by atoms with van der Waals surface area (Å²) in [6, 6.07) is 0. The summed E-state index contributed by atoms with van der Waals surface area (Å²) in [6.07, 6.45) is -7.03. The second-order valence-corrected chi connectivity index (χ2v) is 7.15. The van der Waals surface area contributed by atoms with E-state index < -0.39 is 63.0 Å². The fourth-order valence-corrected chi connectivity index (χ4v) is 1.81. The minimum absolute atomic E-state index is 0.833. The lowest BCUT2D eigenvalue weighted by molar-refractivity contribution is -0.458. The monoisotopic (exact) mass is 571 g/mol. The number of alkyl halides is 17. The predicted octanol–water partition coefficient (Wildman–Crippen LogP) is 4.50. The van der Waals surface area contributed by atoms with Crippen LogP contribution in [0.2, 0.25) is 0 Å². The molecule has 0 heterocycles. The van der Waals surface area contributed by atoms with Gasteiger partial charge in [-0.25, -0.2) is 18.4 Å². The van der Waals surface area contributed by atoms with Crippen LogP contribution < -0.4 is 5.14 Å². The molecular weight excluding hydrogens is 565 g/mol. The average molecular weight is 571 g/mol. The maximum atomic E-state index is 13.1. The number of halogens is 17.